The number of hydrogen-bond acceptors (Lipinski definition) is 6. The first-order valence-electron chi connectivity index (χ1n) is 5.95. The zero-order valence-corrected chi connectivity index (χ0v) is 11.4. The van der Waals surface area contributed by atoms with Gasteiger partial charge in [-0.05, 0) is 25.2 Å². The lowest BCUT2D eigenvalue weighted by Crippen LogP contribution is -2.40. The summed E-state index contributed by atoms with van der Waals surface area (Å²) in [5, 5.41) is 22.7. The lowest BCUT2D eigenvalue weighted by molar-refractivity contribution is -0.385. The number of aromatic nitrogens is 1. The Morgan fingerprint density at radius 1 is 1.63 bits per heavy atom. The van der Waals surface area contributed by atoms with Gasteiger partial charge in [-0.25, -0.2) is 4.98 Å². The van der Waals surface area contributed by atoms with Gasteiger partial charge in [0.25, 0.3) is 0 Å². The second-order valence-corrected chi connectivity index (χ2v) is 5.80. The number of hydrogen-bond donors (Lipinski definition) is 1. The highest BCUT2D eigenvalue weighted by Gasteiger charge is 2.35. The molecule has 19 heavy (non-hydrogen) atoms. The molecule has 0 amide bonds. The smallest absolute Gasteiger partial charge is 0.305 e. The molecule has 0 unspecified atom stereocenters. The van der Waals surface area contributed by atoms with Gasteiger partial charge in [0.2, 0.25) is 5.69 Å². The number of thioether (sulfide) groups is 1. The summed E-state index contributed by atoms with van der Waals surface area (Å²) in [7, 11) is 0. The first-order chi connectivity index (χ1) is 9.10. The highest BCUT2D eigenvalue weighted by Crippen LogP contribution is 2.42. The number of nitro groups is 1. The molecule has 0 bridgehead atoms. The zero-order chi connectivity index (χ0) is 13.9. The third-order valence-electron chi connectivity index (χ3n) is 3.47. The largest absolute Gasteiger partial charge is 0.369 e. The summed E-state index contributed by atoms with van der Waals surface area (Å²) >= 11 is 1.83. The van der Waals surface area contributed by atoms with E-state index in [2.05, 4.69) is 16.6 Å². The lowest BCUT2D eigenvalue weighted by Gasteiger charge is -2.40. The fraction of sp³-hybridized carbons (Fsp3) is 0.500. The summed E-state index contributed by atoms with van der Waals surface area (Å²) in [4.78, 5) is 14.1. The van der Waals surface area contributed by atoms with E-state index in [-0.39, 0.29) is 16.1 Å². The third-order valence-corrected chi connectivity index (χ3v) is 4.88. The van der Waals surface area contributed by atoms with Crippen LogP contribution in [0.3, 0.4) is 0 Å². The summed E-state index contributed by atoms with van der Waals surface area (Å²) in [5.74, 6) is 0.516. The molecule has 7 heteroatoms. The Bertz CT molecular complexity index is 532. The minimum absolute atomic E-state index is 0.151. The fourth-order valence-electron chi connectivity index (χ4n) is 2.06. The molecular formula is C12H14N4O2S. The van der Waals surface area contributed by atoms with Crippen molar-refractivity contribution in [3.05, 3.63) is 27.9 Å². The first kappa shape index (κ1) is 13.6. The van der Waals surface area contributed by atoms with E-state index in [1.54, 1.807) is 12.1 Å². The Morgan fingerprint density at radius 3 is 2.84 bits per heavy atom. The number of pyridine rings is 1. The minimum atomic E-state index is -0.593. The number of nitriles is 1. The molecule has 6 nitrogen and oxygen atoms in total. The van der Waals surface area contributed by atoms with E-state index in [0.717, 1.165) is 6.54 Å². The molecule has 1 aliphatic rings. The van der Waals surface area contributed by atoms with Gasteiger partial charge in [-0.15, -0.1) is 0 Å². The molecule has 1 aromatic rings. The van der Waals surface area contributed by atoms with E-state index in [1.807, 2.05) is 11.8 Å². The number of nitrogens with one attached hydrogen (secondary N) is 1. The molecular weight excluding hydrogens is 264 g/mol. The van der Waals surface area contributed by atoms with Crippen molar-refractivity contribution in [1.29, 1.82) is 5.26 Å². The van der Waals surface area contributed by atoms with Gasteiger partial charge in [0, 0.05) is 17.4 Å². The van der Waals surface area contributed by atoms with Crippen molar-refractivity contribution >= 4 is 23.3 Å². The summed E-state index contributed by atoms with van der Waals surface area (Å²) in [6.45, 7) is 0.768. The van der Waals surface area contributed by atoms with E-state index in [0.29, 0.717) is 5.82 Å². The normalized spacial score (nSPS) is 16.2. The minimum Gasteiger partial charge on any atom is -0.369 e. The molecule has 0 aromatic carbocycles. The summed E-state index contributed by atoms with van der Waals surface area (Å²) in [6, 6.07) is 4.63. The molecule has 0 saturated heterocycles. The Kier molecular flexibility index (Phi) is 3.90. The van der Waals surface area contributed by atoms with Crippen LogP contribution in [0.4, 0.5) is 11.5 Å². The van der Waals surface area contributed by atoms with Gasteiger partial charge in [0.15, 0.2) is 0 Å². The summed E-state index contributed by atoms with van der Waals surface area (Å²) < 4.78 is 0.246. The standard InChI is InChI=1S/C12H14N4O2S/c1-19-12(5-2-6-12)8-14-11-4-3-10(16(17)18)9(7-13)15-11/h3-4H,2,5-6,8H2,1H3,(H,14,15). The van der Waals surface area contributed by atoms with Gasteiger partial charge in [-0.3, -0.25) is 10.1 Å². The van der Waals surface area contributed by atoms with E-state index in [4.69, 9.17) is 5.26 Å². The van der Waals surface area contributed by atoms with Crippen LogP contribution in [0, 0.1) is 21.4 Å². The topological polar surface area (TPSA) is 91.9 Å². The van der Waals surface area contributed by atoms with Crippen LogP contribution in [0.1, 0.15) is 25.0 Å². The highest BCUT2D eigenvalue weighted by atomic mass is 32.2. The Morgan fingerprint density at radius 2 is 2.37 bits per heavy atom. The Hall–Kier alpha value is -1.81. The predicted octanol–water partition coefficient (Wildman–Crippen LogP) is 2.56. The van der Waals surface area contributed by atoms with Crippen molar-refractivity contribution in [3.8, 4) is 6.07 Å². The quantitative estimate of drug-likeness (QED) is 0.657. The average molecular weight is 278 g/mol. The van der Waals surface area contributed by atoms with Crippen LogP contribution >= 0.6 is 11.8 Å². The van der Waals surface area contributed by atoms with Crippen LogP contribution in [-0.4, -0.2) is 27.5 Å². The molecule has 1 N–H and O–H groups in total. The summed E-state index contributed by atoms with van der Waals surface area (Å²) in [6.07, 6.45) is 5.66. The van der Waals surface area contributed by atoms with Crippen LogP contribution in [0.2, 0.25) is 0 Å². The Balaban J connectivity index is 2.10. The monoisotopic (exact) mass is 278 g/mol. The van der Waals surface area contributed by atoms with Gasteiger partial charge in [-0.2, -0.15) is 17.0 Å². The molecule has 1 heterocycles. The highest BCUT2D eigenvalue weighted by molar-refractivity contribution is 8.00. The molecule has 1 aromatic heterocycles. The van der Waals surface area contributed by atoms with Crippen molar-refractivity contribution < 1.29 is 4.92 Å². The molecule has 0 atom stereocenters. The number of nitrogens with zero attached hydrogens (tertiary/aromatic N) is 3. The SMILES string of the molecule is CSC1(CNc2ccc([N+](=O)[O-])c(C#N)n2)CCC1. The first-order valence-corrected chi connectivity index (χ1v) is 7.17. The van der Waals surface area contributed by atoms with E-state index < -0.39 is 4.92 Å². The molecule has 1 fully saturated rings. The average Bonchev–Trinajstić information content (AvgIpc) is 2.37. The van der Waals surface area contributed by atoms with Crippen molar-refractivity contribution in [2.45, 2.75) is 24.0 Å². The molecule has 0 spiro atoms. The van der Waals surface area contributed by atoms with Crippen molar-refractivity contribution in [2.75, 3.05) is 18.1 Å². The van der Waals surface area contributed by atoms with Crippen molar-refractivity contribution in [1.82, 2.24) is 4.98 Å². The van der Waals surface area contributed by atoms with Crippen LogP contribution in [0.5, 0.6) is 0 Å². The predicted molar refractivity (Wildman–Crippen MR) is 74.2 cm³/mol. The van der Waals surface area contributed by atoms with Gasteiger partial charge < -0.3 is 5.32 Å². The van der Waals surface area contributed by atoms with Gasteiger partial charge in [0.1, 0.15) is 11.9 Å². The number of rotatable bonds is 5. The molecule has 0 aliphatic heterocycles. The molecule has 0 radical (unpaired) electrons. The van der Waals surface area contributed by atoms with Crippen LogP contribution in [0.25, 0.3) is 0 Å². The molecule has 2 rings (SSSR count). The second-order valence-electron chi connectivity index (χ2n) is 4.53. The molecule has 1 saturated carbocycles. The fourth-order valence-corrected chi connectivity index (χ4v) is 2.97. The maximum Gasteiger partial charge on any atom is 0.305 e. The van der Waals surface area contributed by atoms with Crippen LogP contribution in [-0.2, 0) is 0 Å². The Labute approximate surface area is 115 Å². The maximum absolute atomic E-state index is 10.7. The van der Waals surface area contributed by atoms with Gasteiger partial charge in [-0.1, -0.05) is 6.42 Å². The van der Waals surface area contributed by atoms with Gasteiger partial charge in [0.05, 0.1) is 4.92 Å². The lowest BCUT2D eigenvalue weighted by atomic mass is 9.84. The summed E-state index contributed by atoms with van der Waals surface area (Å²) in [5.41, 5.74) is -0.405. The molecule has 1 aliphatic carbocycles. The van der Waals surface area contributed by atoms with E-state index >= 15 is 0 Å². The van der Waals surface area contributed by atoms with E-state index in [1.165, 1.54) is 25.3 Å². The van der Waals surface area contributed by atoms with Gasteiger partial charge >= 0.3 is 5.69 Å². The van der Waals surface area contributed by atoms with Crippen LogP contribution in [0.15, 0.2) is 12.1 Å². The third kappa shape index (κ3) is 2.79. The van der Waals surface area contributed by atoms with E-state index in [9.17, 15) is 10.1 Å². The number of anilines is 1. The van der Waals surface area contributed by atoms with Crippen molar-refractivity contribution in [3.63, 3.8) is 0 Å². The molecule has 100 valence electrons. The van der Waals surface area contributed by atoms with Crippen LogP contribution < -0.4 is 5.32 Å². The van der Waals surface area contributed by atoms with Crippen molar-refractivity contribution in [2.24, 2.45) is 0 Å². The zero-order valence-electron chi connectivity index (χ0n) is 10.5. The second kappa shape index (κ2) is 5.45. The maximum atomic E-state index is 10.7.